The highest BCUT2D eigenvalue weighted by atomic mass is 16.3. The molecule has 2 amide bonds. The van der Waals surface area contributed by atoms with Crippen LogP contribution in [0.1, 0.15) is 36.1 Å². The summed E-state index contributed by atoms with van der Waals surface area (Å²) in [6.45, 7) is 4.09. The Morgan fingerprint density at radius 3 is 2.72 bits per heavy atom. The van der Waals surface area contributed by atoms with Gasteiger partial charge in [0.1, 0.15) is 11.4 Å². The van der Waals surface area contributed by atoms with Gasteiger partial charge in [0.25, 0.3) is 0 Å². The molecule has 0 unspecified atom stereocenters. The number of pyridine rings is 1. The van der Waals surface area contributed by atoms with Crippen LogP contribution in [0.15, 0.2) is 48.8 Å². The van der Waals surface area contributed by atoms with Crippen LogP contribution >= 0.6 is 0 Å². The summed E-state index contributed by atoms with van der Waals surface area (Å²) in [6, 6.07) is 11.5. The fraction of sp³-hybridized carbons (Fsp3) is 0.391. The van der Waals surface area contributed by atoms with Crippen LogP contribution in [0.25, 0.3) is 5.65 Å². The van der Waals surface area contributed by atoms with E-state index in [0.29, 0.717) is 18.2 Å². The molecule has 0 bridgehead atoms. The summed E-state index contributed by atoms with van der Waals surface area (Å²) >= 11 is 0. The summed E-state index contributed by atoms with van der Waals surface area (Å²) in [5.74, 6) is 0.960. The predicted octanol–water partition coefficient (Wildman–Crippen LogP) is 3.90. The lowest BCUT2D eigenvalue weighted by Gasteiger charge is -2.32. The molecule has 3 aromatic rings. The van der Waals surface area contributed by atoms with Crippen LogP contribution < -0.4 is 5.32 Å². The van der Waals surface area contributed by atoms with Crippen molar-refractivity contribution >= 4 is 11.7 Å². The molecule has 0 radical (unpaired) electrons. The van der Waals surface area contributed by atoms with Gasteiger partial charge in [-0.1, -0.05) is 12.1 Å². The molecule has 0 aliphatic carbocycles. The molecule has 29 heavy (non-hydrogen) atoms. The molecule has 3 heterocycles. The highest BCUT2D eigenvalue weighted by molar-refractivity contribution is 5.74. The number of aromatic nitrogens is 2. The lowest BCUT2D eigenvalue weighted by molar-refractivity contribution is 0.167. The topological polar surface area (TPSA) is 69.9 Å². The van der Waals surface area contributed by atoms with E-state index < -0.39 is 0 Å². The van der Waals surface area contributed by atoms with Crippen LogP contribution in [-0.4, -0.2) is 38.5 Å². The minimum atomic E-state index is -0.00442. The molecule has 2 aromatic heterocycles. The van der Waals surface area contributed by atoms with Crippen LogP contribution in [0.4, 0.5) is 4.79 Å². The summed E-state index contributed by atoms with van der Waals surface area (Å²) in [5.41, 5.74) is 4.20. The van der Waals surface area contributed by atoms with Gasteiger partial charge in [-0.05, 0) is 73.9 Å². The van der Waals surface area contributed by atoms with E-state index in [9.17, 15) is 9.90 Å². The quantitative estimate of drug-likeness (QED) is 0.692. The molecular weight excluding hydrogens is 364 g/mol. The van der Waals surface area contributed by atoms with Gasteiger partial charge in [-0.15, -0.1) is 0 Å². The molecule has 0 saturated carbocycles. The largest absolute Gasteiger partial charge is 0.508 e. The number of aryl methyl sites for hydroxylation is 2. The molecule has 4 rings (SSSR count). The Balaban J connectivity index is 1.21. The minimum absolute atomic E-state index is 0.00442. The van der Waals surface area contributed by atoms with E-state index in [0.717, 1.165) is 50.1 Å². The number of nitrogens with zero attached hydrogens (tertiary/aromatic N) is 3. The van der Waals surface area contributed by atoms with E-state index in [-0.39, 0.29) is 6.03 Å². The van der Waals surface area contributed by atoms with Crippen molar-refractivity contribution in [3.63, 3.8) is 0 Å². The van der Waals surface area contributed by atoms with Crippen molar-refractivity contribution in [2.75, 3.05) is 13.1 Å². The van der Waals surface area contributed by atoms with Crippen LogP contribution in [-0.2, 0) is 13.0 Å². The fourth-order valence-corrected chi connectivity index (χ4v) is 3.96. The number of hydrogen-bond donors (Lipinski definition) is 2. The van der Waals surface area contributed by atoms with Gasteiger partial charge in [-0.2, -0.15) is 0 Å². The third-order valence-electron chi connectivity index (χ3n) is 5.77. The molecule has 0 atom stereocenters. The fourth-order valence-electron chi connectivity index (χ4n) is 3.96. The summed E-state index contributed by atoms with van der Waals surface area (Å²) in [5, 5.41) is 12.4. The number of carbonyl (C=O) groups is 1. The standard InChI is InChI=1S/C23H28N4O2/c1-17-8-11-27-16-20(25-22(27)14-17)15-24-23(29)26-12-9-19(10-13-26)3-2-18-4-6-21(28)7-5-18/h4-8,11,14,16,19,28H,2-3,9-10,12-13,15H2,1H3,(H,24,29). The Hall–Kier alpha value is -3.02. The highest BCUT2D eigenvalue weighted by Crippen LogP contribution is 2.23. The number of nitrogens with one attached hydrogen (secondary N) is 1. The number of urea groups is 1. The molecule has 1 aliphatic heterocycles. The summed E-state index contributed by atoms with van der Waals surface area (Å²) < 4.78 is 1.98. The van der Waals surface area contributed by atoms with E-state index in [2.05, 4.69) is 10.3 Å². The molecule has 0 spiro atoms. The van der Waals surface area contributed by atoms with E-state index in [1.165, 1.54) is 11.1 Å². The van der Waals surface area contributed by atoms with Gasteiger partial charge >= 0.3 is 6.03 Å². The van der Waals surface area contributed by atoms with Crippen LogP contribution in [0, 0.1) is 12.8 Å². The number of phenolic OH excluding ortho intramolecular Hbond substituents is 1. The smallest absolute Gasteiger partial charge is 0.317 e. The maximum atomic E-state index is 12.5. The van der Waals surface area contributed by atoms with Gasteiger partial charge in [0.05, 0.1) is 12.2 Å². The molecular formula is C23H28N4O2. The number of fused-ring (bicyclic) bond motifs is 1. The van der Waals surface area contributed by atoms with Crippen molar-refractivity contribution in [3.05, 3.63) is 65.6 Å². The molecule has 1 aromatic carbocycles. The number of carbonyl (C=O) groups excluding carboxylic acids is 1. The molecule has 2 N–H and O–H groups in total. The molecule has 152 valence electrons. The number of benzene rings is 1. The van der Waals surface area contributed by atoms with Gasteiger partial charge in [-0.3, -0.25) is 0 Å². The maximum Gasteiger partial charge on any atom is 0.317 e. The SMILES string of the molecule is Cc1ccn2cc(CNC(=O)N3CCC(CCc4ccc(O)cc4)CC3)nc2c1. The van der Waals surface area contributed by atoms with E-state index in [1.807, 2.05) is 52.9 Å². The summed E-state index contributed by atoms with van der Waals surface area (Å²) in [6.07, 6.45) is 8.18. The second-order valence-electron chi connectivity index (χ2n) is 8.00. The first-order valence-corrected chi connectivity index (χ1v) is 10.3. The zero-order valence-corrected chi connectivity index (χ0v) is 16.8. The number of aromatic hydroxyl groups is 1. The van der Waals surface area contributed by atoms with E-state index in [1.54, 1.807) is 12.1 Å². The van der Waals surface area contributed by atoms with Crippen molar-refractivity contribution in [1.82, 2.24) is 19.6 Å². The predicted molar refractivity (Wildman–Crippen MR) is 113 cm³/mol. The Kier molecular flexibility index (Phi) is 5.69. The number of amides is 2. The van der Waals surface area contributed by atoms with Crippen molar-refractivity contribution in [2.45, 2.75) is 39.2 Å². The van der Waals surface area contributed by atoms with Gasteiger partial charge in [0, 0.05) is 25.5 Å². The zero-order chi connectivity index (χ0) is 20.2. The van der Waals surface area contributed by atoms with Crippen molar-refractivity contribution in [2.24, 2.45) is 5.92 Å². The number of phenols is 1. The lowest BCUT2D eigenvalue weighted by Crippen LogP contribution is -2.44. The number of likely N-dealkylation sites (tertiary alicyclic amines) is 1. The molecule has 1 fully saturated rings. The highest BCUT2D eigenvalue weighted by Gasteiger charge is 2.22. The first-order valence-electron chi connectivity index (χ1n) is 10.3. The molecule has 1 saturated heterocycles. The van der Waals surface area contributed by atoms with Gasteiger partial charge in [0.15, 0.2) is 0 Å². The first kappa shape index (κ1) is 19.3. The zero-order valence-electron chi connectivity index (χ0n) is 16.8. The first-order chi connectivity index (χ1) is 14.1. The number of piperidine rings is 1. The second kappa shape index (κ2) is 8.55. The average Bonchev–Trinajstić information content (AvgIpc) is 3.14. The minimum Gasteiger partial charge on any atom is -0.508 e. The Labute approximate surface area is 171 Å². The van der Waals surface area contributed by atoms with Gasteiger partial charge in [0.2, 0.25) is 0 Å². The van der Waals surface area contributed by atoms with E-state index >= 15 is 0 Å². The monoisotopic (exact) mass is 392 g/mol. The lowest BCUT2D eigenvalue weighted by atomic mass is 9.90. The molecule has 6 nitrogen and oxygen atoms in total. The van der Waals surface area contributed by atoms with Crippen molar-refractivity contribution in [3.8, 4) is 5.75 Å². The Bertz CT molecular complexity index is 972. The number of hydrogen-bond acceptors (Lipinski definition) is 3. The average molecular weight is 393 g/mol. The normalized spacial score (nSPS) is 15.0. The van der Waals surface area contributed by atoms with E-state index in [4.69, 9.17) is 0 Å². The van der Waals surface area contributed by atoms with Crippen LogP contribution in [0.3, 0.4) is 0 Å². The van der Waals surface area contributed by atoms with Crippen molar-refractivity contribution in [1.29, 1.82) is 0 Å². The molecule has 6 heteroatoms. The van der Waals surface area contributed by atoms with Crippen LogP contribution in [0.2, 0.25) is 0 Å². The summed E-state index contributed by atoms with van der Waals surface area (Å²) in [7, 11) is 0. The second-order valence-corrected chi connectivity index (χ2v) is 8.00. The van der Waals surface area contributed by atoms with Crippen molar-refractivity contribution < 1.29 is 9.90 Å². The maximum absolute atomic E-state index is 12.5. The molecule has 1 aliphatic rings. The Morgan fingerprint density at radius 1 is 1.21 bits per heavy atom. The van der Waals surface area contributed by atoms with Crippen LogP contribution in [0.5, 0.6) is 5.75 Å². The Morgan fingerprint density at radius 2 is 1.97 bits per heavy atom. The van der Waals surface area contributed by atoms with Gasteiger partial charge in [-0.25, -0.2) is 9.78 Å². The third kappa shape index (κ3) is 4.88. The van der Waals surface area contributed by atoms with Gasteiger partial charge < -0.3 is 19.7 Å². The number of rotatable bonds is 5. The summed E-state index contributed by atoms with van der Waals surface area (Å²) in [4.78, 5) is 19.0. The third-order valence-corrected chi connectivity index (χ3v) is 5.77. The number of imidazole rings is 1.